The molecule has 0 aromatic rings. The molecule has 0 N–H and O–H groups in total. The van der Waals surface area contributed by atoms with Crippen LogP contribution in [0.2, 0.25) is 0 Å². The van der Waals surface area contributed by atoms with Gasteiger partial charge in [0.1, 0.15) is 0 Å². The van der Waals surface area contributed by atoms with Crippen LogP contribution in [0.1, 0.15) is 0 Å². The van der Waals surface area contributed by atoms with E-state index in [1.54, 1.807) is 0 Å². The Morgan fingerprint density at radius 2 is 1.14 bits per heavy atom. The average Bonchev–Trinajstić information content (AvgIpc) is 1.33. The molecule has 0 rings (SSSR count). The van der Waals surface area contributed by atoms with Crippen molar-refractivity contribution in [3.05, 3.63) is 9.81 Å². The molecule has 7 heavy (non-hydrogen) atoms. The van der Waals surface area contributed by atoms with E-state index >= 15 is 0 Å². The molecule has 0 aliphatic rings. The van der Waals surface area contributed by atoms with Crippen molar-refractivity contribution in [2.75, 3.05) is 0 Å². The molecule has 0 aliphatic heterocycles. The zero-order valence-electron chi connectivity index (χ0n) is 2.97. The summed E-state index contributed by atoms with van der Waals surface area (Å²) in [7, 11) is -3.67. The maximum atomic E-state index is 9.67. The molecule has 40 valence electrons. The maximum absolute atomic E-state index is 9.67. The Kier molecular flexibility index (Phi) is 12.1. The molecular formula is BF3NO2+. The Morgan fingerprint density at radius 1 is 1.14 bits per heavy atom. The largest absolute Gasteiger partial charge is 0.762 e. The van der Waals surface area contributed by atoms with Crippen LogP contribution in [0.25, 0.3) is 0 Å². The standard InChI is InChI=1S/BF3.NO2/c2-1(3)4;2-1-3/q;+1. The molecule has 0 radical (unpaired) electrons. The second kappa shape index (κ2) is 8.94. The zero-order valence-corrected chi connectivity index (χ0v) is 2.97. The van der Waals surface area contributed by atoms with Gasteiger partial charge in [0.15, 0.2) is 0 Å². The van der Waals surface area contributed by atoms with E-state index in [4.69, 9.17) is 9.81 Å². The SMILES string of the molecule is FB(F)F.O=[N+]=O. The van der Waals surface area contributed by atoms with Crippen molar-refractivity contribution in [3.63, 3.8) is 0 Å². The third-order valence-electron chi connectivity index (χ3n) is 0. The van der Waals surface area contributed by atoms with Crippen molar-refractivity contribution in [3.8, 4) is 0 Å². The summed E-state index contributed by atoms with van der Waals surface area (Å²) in [6, 6.07) is 0. The Balaban J connectivity index is 0. The van der Waals surface area contributed by atoms with E-state index in [1.807, 2.05) is 0 Å². The lowest BCUT2D eigenvalue weighted by molar-refractivity contribution is 0.535. The number of nitrogens with zero attached hydrogens (tertiary/aromatic N) is 1. The summed E-state index contributed by atoms with van der Waals surface area (Å²) in [4.78, 5) is 16.0. The number of hydrogen-bond donors (Lipinski definition) is 0. The summed E-state index contributed by atoms with van der Waals surface area (Å²) in [5.41, 5.74) is 0. The highest BCUT2D eigenvalue weighted by Gasteiger charge is 2.06. The fraction of sp³-hybridized carbons (Fsp3) is 0. The van der Waals surface area contributed by atoms with Gasteiger partial charge in [-0.25, -0.2) is 0 Å². The van der Waals surface area contributed by atoms with Crippen molar-refractivity contribution in [2.24, 2.45) is 0 Å². The van der Waals surface area contributed by atoms with Gasteiger partial charge in [0.2, 0.25) is 9.81 Å². The maximum Gasteiger partial charge on any atom is 0.762 e. The van der Waals surface area contributed by atoms with Crippen LogP contribution in [0.4, 0.5) is 12.9 Å². The lowest BCUT2D eigenvalue weighted by atomic mass is 10.5. The van der Waals surface area contributed by atoms with Gasteiger partial charge in [-0.3, -0.25) is 12.9 Å². The van der Waals surface area contributed by atoms with E-state index in [0.29, 0.717) is 0 Å². The van der Waals surface area contributed by atoms with Crippen LogP contribution in [0.5, 0.6) is 0 Å². The number of hydrogen-bond acceptors (Lipinski definition) is 2. The van der Waals surface area contributed by atoms with Crippen molar-refractivity contribution >= 4 is 7.54 Å². The first-order valence-electron chi connectivity index (χ1n) is 1.02. The Labute approximate surface area is 36.7 Å². The lowest BCUT2D eigenvalue weighted by Gasteiger charge is -1.55. The first-order chi connectivity index (χ1) is 3.15. The molecule has 0 saturated heterocycles. The summed E-state index contributed by atoms with van der Waals surface area (Å²) in [5, 5.41) is 1.00. The van der Waals surface area contributed by atoms with E-state index in [9.17, 15) is 12.9 Å². The summed E-state index contributed by atoms with van der Waals surface area (Å²) in [6.07, 6.45) is 0. The van der Waals surface area contributed by atoms with Crippen molar-refractivity contribution in [1.29, 1.82) is 0 Å². The molecule has 0 heterocycles. The monoisotopic (exact) mass is 114 g/mol. The van der Waals surface area contributed by atoms with Gasteiger partial charge in [0.05, 0.1) is 0 Å². The number of rotatable bonds is 0. The molecule has 3 nitrogen and oxygen atoms in total. The summed E-state index contributed by atoms with van der Waals surface area (Å²) in [5.74, 6) is 0. The molecule has 0 saturated carbocycles. The van der Waals surface area contributed by atoms with Gasteiger partial charge in [-0.1, -0.05) is 0 Å². The topological polar surface area (TPSA) is 48.2 Å². The van der Waals surface area contributed by atoms with Gasteiger partial charge >= 0.3 is 12.6 Å². The van der Waals surface area contributed by atoms with E-state index < -0.39 is 7.54 Å². The van der Waals surface area contributed by atoms with Crippen LogP contribution < -0.4 is 5.04 Å². The molecule has 0 atom stereocenters. The van der Waals surface area contributed by atoms with E-state index in [1.165, 1.54) is 0 Å². The van der Waals surface area contributed by atoms with E-state index in [0.717, 1.165) is 5.04 Å². The van der Waals surface area contributed by atoms with Crippen molar-refractivity contribution < 1.29 is 12.9 Å². The van der Waals surface area contributed by atoms with E-state index in [-0.39, 0.29) is 0 Å². The minimum absolute atomic E-state index is 1.00. The fourth-order valence-corrected chi connectivity index (χ4v) is 0. The summed E-state index contributed by atoms with van der Waals surface area (Å²) in [6.45, 7) is 0. The van der Waals surface area contributed by atoms with Gasteiger partial charge in [0, 0.05) is 0 Å². The molecule has 0 aromatic heterocycles. The Hall–Kier alpha value is -0.835. The second-order valence-corrected chi connectivity index (χ2v) is 0.322. The van der Waals surface area contributed by atoms with Gasteiger partial charge in [-0.2, -0.15) is 0 Å². The van der Waals surface area contributed by atoms with Crippen LogP contribution in [0.3, 0.4) is 0 Å². The number of nitroso groups, excluding NO2 is 2. The van der Waals surface area contributed by atoms with Crippen LogP contribution in [-0.2, 0) is 0 Å². The van der Waals surface area contributed by atoms with Crippen LogP contribution in [0.15, 0.2) is 0 Å². The van der Waals surface area contributed by atoms with Crippen LogP contribution in [0, 0.1) is 9.81 Å². The predicted octanol–water partition coefficient (Wildman–Crippen LogP) is 0.466. The fourth-order valence-electron chi connectivity index (χ4n) is 0. The van der Waals surface area contributed by atoms with Gasteiger partial charge in [0.25, 0.3) is 0 Å². The average molecular weight is 114 g/mol. The number of halogens is 3. The normalized spacial score (nSPS) is 5.00. The second-order valence-electron chi connectivity index (χ2n) is 0.322. The first-order valence-corrected chi connectivity index (χ1v) is 1.02. The van der Waals surface area contributed by atoms with Crippen LogP contribution >= 0.6 is 0 Å². The minimum atomic E-state index is -3.67. The third-order valence-corrected chi connectivity index (χ3v) is 0. The molecule has 0 aliphatic carbocycles. The Morgan fingerprint density at radius 3 is 1.14 bits per heavy atom. The predicted molar refractivity (Wildman–Crippen MR) is 17.9 cm³/mol. The lowest BCUT2D eigenvalue weighted by Crippen LogP contribution is -1.76. The molecule has 0 spiro atoms. The van der Waals surface area contributed by atoms with Gasteiger partial charge in [-0.15, -0.1) is 0 Å². The first kappa shape index (κ1) is 9.48. The molecular weight excluding hydrogens is 114 g/mol. The highest BCUT2D eigenvalue weighted by molar-refractivity contribution is 6.33. The molecule has 0 fully saturated rings. The van der Waals surface area contributed by atoms with Gasteiger partial charge in [-0.05, 0) is 0 Å². The van der Waals surface area contributed by atoms with Crippen molar-refractivity contribution in [1.82, 2.24) is 5.04 Å². The molecule has 0 aromatic carbocycles. The summed E-state index contributed by atoms with van der Waals surface area (Å²) >= 11 is 0. The van der Waals surface area contributed by atoms with Gasteiger partial charge < -0.3 is 0 Å². The third kappa shape index (κ3) is 74.2. The Bertz CT molecular complexity index is 55.2. The van der Waals surface area contributed by atoms with E-state index in [2.05, 4.69) is 0 Å². The smallest absolute Gasteiger partial charge is 0.254 e. The van der Waals surface area contributed by atoms with Crippen molar-refractivity contribution in [2.45, 2.75) is 0 Å². The zero-order chi connectivity index (χ0) is 6.28. The summed E-state index contributed by atoms with van der Waals surface area (Å²) < 4.78 is 29.0. The molecule has 0 amide bonds. The highest BCUT2D eigenvalue weighted by atomic mass is 19.4. The minimum Gasteiger partial charge on any atom is -0.254 e. The highest BCUT2D eigenvalue weighted by Crippen LogP contribution is 1.80. The molecule has 0 bridgehead atoms. The quantitative estimate of drug-likeness (QED) is 0.339. The molecule has 0 unspecified atom stereocenters. The molecule has 7 heteroatoms. The van der Waals surface area contributed by atoms with Crippen LogP contribution in [-0.4, -0.2) is 7.54 Å².